The van der Waals surface area contributed by atoms with Crippen LogP contribution in [0.25, 0.3) is 0 Å². The predicted octanol–water partition coefficient (Wildman–Crippen LogP) is 1.78. The Morgan fingerprint density at radius 1 is 1.08 bits per heavy atom. The van der Waals surface area contributed by atoms with Crippen LogP contribution in [0.4, 0.5) is 30.9 Å². The fourth-order valence-corrected chi connectivity index (χ4v) is 0.274. The molecule has 0 aliphatic heterocycles. The first-order valence-electron chi connectivity index (χ1n) is 2.21. The highest BCUT2D eigenvalue weighted by molar-refractivity contribution is 5.78. The van der Waals surface area contributed by atoms with Crippen LogP contribution >= 0.6 is 0 Å². The molecule has 0 fully saturated rings. The van der Waals surface area contributed by atoms with Crippen molar-refractivity contribution in [1.29, 1.82) is 0 Å². The van der Waals surface area contributed by atoms with E-state index in [4.69, 9.17) is 0 Å². The van der Waals surface area contributed by atoms with Crippen LogP contribution in [0.1, 0.15) is 0 Å². The van der Waals surface area contributed by atoms with Gasteiger partial charge < -0.3 is 0 Å². The van der Waals surface area contributed by atoms with Gasteiger partial charge in [-0.25, -0.2) is 0 Å². The largest absolute Gasteiger partial charge is 0.452 e. The minimum Gasteiger partial charge on any atom is -0.255 e. The zero-order valence-corrected chi connectivity index (χ0v) is 5.00. The first-order chi connectivity index (χ1) is 5.14. The third-order valence-corrected chi connectivity index (χ3v) is 0.869. The van der Waals surface area contributed by atoms with Gasteiger partial charge >= 0.3 is 18.0 Å². The molecule has 9 heteroatoms. The number of hydrogen-bond donors (Lipinski definition) is 0. The van der Waals surface area contributed by atoms with Gasteiger partial charge in [-0.3, -0.25) is 4.79 Å². The van der Waals surface area contributed by atoms with Crippen LogP contribution < -0.4 is 0 Å². The number of carbonyl (C=O) groups excluding carboxylic acids is 1. The van der Waals surface area contributed by atoms with Gasteiger partial charge in [0.2, 0.25) is 0 Å². The average Bonchev–Trinajstić information content (AvgIpc) is 1.82. The van der Waals surface area contributed by atoms with E-state index >= 15 is 0 Å². The summed E-state index contributed by atoms with van der Waals surface area (Å²) < 4.78 is 79.1. The Kier molecular flexibility index (Phi) is 2.68. The average molecular weight is 199 g/mol. The molecule has 0 bridgehead atoms. The number of rotatable bonds is 2. The van der Waals surface area contributed by atoms with Gasteiger partial charge in [0.1, 0.15) is 0 Å². The van der Waals surface area contributed by atoms with E-state index in [1.54, 1.807) is 0 Å². The van der Waals surface area contributed by atoms with Crippen LogP contribution in [-0.2, 0) is 4.79 Å². The summed E-state index contributed by atoms with van der Waals surface area (Å²) in [6.07, 6.45) is -6.32. The topological polar surface area (TPSA) is 20.3 Å². The molecule has 1 atom stereocenters. The van der Waals surface area contributed by atoms with Crippen LogP contribution in [-0.4, -0.2) is 23.4 Å². The summed E-state index contributed by atoms with van der Waals surface area (Å²) in [5.74, 6) is -5.87. The Labute approximate surface area is 60.4 Å². The number of nitrogens with zero attached hydrogens (tertiary/aromatic N) is 1. The molecular weight excluding hydrogens is 199 g/mol. The normalized spacial score (nSPS) is 17.7. The first-order valence-corrected chi connectivity index (χ1v) is 2.21. The molecule has 0 aromatic rings. The van der Waals surface area contributed by atoms with Crippen molar-refractivity contribution >= 4 is 6.04 Å². The molecule has 0 saturated heterocycles. The molecule has 0 spiro atoms. The van der Waals surface area contributed by atoms with Crippen LogP contribution in [0.3, 0.4) is 0 Å². The van der Waals surface area contributed by atoms with Crippen molar-refractivity contribution in [3.05, 3.63) is 0 Å². The second kappa shape index (κ2) is 2.88. The lowest BCUT2D eigenvalue weighted by Gasteiger charge is -2.21. The van der Waals surface area contributed by atoms with Crippen LogP contribution in [0.15, 0.2) is 0 Å². The third kappa shape index (κ3) is 1.49. The van der Waals surface area contributed by atoms with Gasteiger partial charge in [-0.05, 0) is 0 Å². The van der Waals surface area contributed by atoms with Crippen molar-refractivity contribution in [1.82, 2.24) is 5.34 Å². The van der Waals surface area contributed by atoms with Gasteiger partial charge in [-0.1, -0.05) is 8.96 Å². The highest BCUT2D eigenvalue weighted by atomic mass is 19.4. The summed E-state index contributed by atoms with van der Waals surface area (Å²) in [7, 11) is 0. The van der Waals surface area contributed by atoms with Crippen molar-refractivity contribution in [3.8, 4) is 0 Å². The maximum absolute atomic E-state index is 11.9. The van der Waals surface area contributed by atoms with E-state index < -0.39 is 23.4 Å². The molecule has 0 radical (unpaired) electrons. The Morgan fingerprint density at radius 3 is 1.42 bits per heavy atom. The van der Waals surface area contributed by atoms with E-state index in [-0.39, 0.29) is 0 Å². The van der Waals surface area contributed by atoms with Gasteiger partial charge in [0.25, 0.3) is 0 Å². The molecule has 0 aliphatic carbocycles. The predicted molar refractivity (Wildman–Crippen MR) is 20.1 cm³/mol. The zero-order chi connectivity index (χ0) is 10.2. The monoisotopic (exact) mass is 199 g/mol. The lowest BCUT2D eigenvalue weighted by Crippen LogP contribution is -2.53. The van der Waals surface area contributed by atoms with Crippen molar-refractivity contribution in [2.45, 2.75) is 12.0 Å². The van der Waals surface area contributed by atoms with E-state index in [0.717, 1.165) is 0 Å². The third-order valence-electron chi connectivity index (χ3n) is 0.869. The molecule has 0 aromatic carbocycles. The second-order valence-corrected chi connectivity index (χ2v) is 1.63. The van der Waals surface area contributed by atoms with E-state index in [0.29, 0.717) is 0 Å². The van der Waals surface area contributed by atoms with E-state index in [2.05, 4.69) is 0 Å². The minimum atomic E-state index is -6.32. The summed E-state index contributed by atoms with van der Waals surface area (Å²) in [4.78, 5) is 9.27. The lowest BCUT2D eigenvalue weighted by atomic mass is 10.3. The molecule has 0 amide bonds. The van der Waals surface area contributed by atoms with Gasteiger partial charge in [-0.15, -0.1) is 0 Å². The van der Waals surface area contributed by atoms with E-state index in [9.17, 15) is 35.7 Å². The Morgan fingerprint density at radius 2 is 1.42 bits per heavy atom. The maximum atomic E-state index is 11.9. The Hall–Kier alpha value is -0.860. The number of alkyl halides is 4. The number of halogens is 7. The lowest BCUT2D eigenvalue weighted by molar-refractivity contribution is -0.365. The van der Waals surface area contributed by atoms with Crippen LogP contribution in [0, 0.1) is 0 Å². The van der Waals surface area contributed by atoms with Gasteiger partial charge in [0, 0.05) is 0 Å². The molecule has 0 rings (SSSR count). The van der Waals surface area contributed by atoms with Gasteiger partial charge in [0.05, 0.1) is 5.34 Å². The van der Waals surface area contributed by atoms with Crippen molar-refractivity contribution in [2.24, 2.45) is 0 Å². The standard InChI is InChI=1S/C3F7NO/c4-1(12)2(5,11(9)10)3(6,7)8. The summed E-state index contributed by atoms with van der Waals surface area (Å²) in [5.41, 5.74) is 0. The maximum Gasteiger partial charge on any atom is 0.452 e. The smallest absolute Gasteiger partial charge is 0.255 e. The van der Waals surface area contributed by atoms with Gasteiger partial charge in [0.15, 0.2) is 0 Å². The summed E-state index contributed by atoms with van der Waals surface area (Å²) in [6, 6.07) is -3.82. The Bertz CT molecular complexity index is 188. The molecule has 1 unspecified atom stereocenters. The van der Waals surface area contributed by atoms with Crippen molar-refractivity contribution in [2.75, 3.05) is 0 Å². The molecule has 0 heterocycles. The molecule has 0 aromatic heterocycles. The molecule has 12 heavy (non-hydrogen) atoms. The fraction of sp³-hybridized carbons (Fsp3) is 0.667. The van der Waals surface area contributed by atoms with Crippen LogP contribution in [0.2, 0.25) is 0 Å². The molecular formula is C3F7NO. The zero-order valence-electron chi connectivity index (χ0n) is 5.00. The quantitative estimate of drug-likeness (QED) is 0.292. The van der Waals surface area contributed by atoms with E-state index in [1.807, 2.05) is 0 Å². The number of hydrogen-bond acceptors (Lipinski definition) is 2. The summed E-state index contributed by atoms with van der Waals surface area (Å²) >= 11 is 0. The summed E-state index contributed by atoms with van der Waals surface area (Å²) in [5, 5.41) is -3.17. The molecule has 72 valence electrons. The molecule has 0 aliphatic rings. The van der Waals surface area contributed by atoms with E-state index in [1.165, 1.54) is 0 Å². The molecule has 2 nitrogen and oxygen atoms in total. The van der Waals surface area contributed by atoms with Crippen molar-refractivity contribution < 1.29 is 35.7 Å². The SMILES string of the molecule is O=C(F)C(F)(N(F)F)C(F)(F)F. The summed E-state index contributed by atoms with van der Waals surface area (Å²) in [6.45, 7) is 0. The van der Waals surface area contributed by atoms with Crippen LogP contribution in [0.5, 0.6) is 0 Å². The minimum absolute atomic E-state index is 3.17. The van der Waals surface area contributed by atoms with Gasteiger partial charge in [-0.2, -0.15) is 22.0 Å². The van der Waals surface area contributed by atoms with Crippen molar-refractivity contribution in [3.63, 3.8) is 0 Å². The highest BCUT2D eigenvalue weighted by Gasteiger charge is 2.69. The first kappa shape index (κ1) is 11.1. The highest BCUT2D eigenvalue weighted by Crippen LogP contribution is 2.38. The Balaban J connectivity index is 5.02. The molecule has 0 N–H and O–H groups in total. The second-order valence-electron chi connectivity index (χ2n) is 1.63. The number of carbonyl (C=O) groups is 1. The fourth-order valence-electron chi connectivity index (χ4n) is 0.274. The molecule has 0 saturated carbocycles.